The van der Waals surface area contributed by atoms with E-state index in [2.05, 4.69) is 0 Å². The zero-order chi connectivity index (χ0) is 8.43. The van der Waals surface area contributed by atoms with Crippen LogP contribution in [0.5, 0.6) is 0 Å². The molecule has 64 valence electrons. The van der Waals surface area contributed by atoms with E-state index in [0.29, 0.717) is 0 Å². The molecule has 1 unspecified atom stereocenters. The first-order chi connectivity index (χ1) is 5.13. The molecule has 0 amide bonds. The molecule has 0 aromatic heterocycles. The van der Waals surface area contributed by atoms with Crippen molar-refractivity contribution in [2.75, 3.05) is 0 Å². The van der Waals surface area contributed by atoms with Crippen LogP contribution in [0.3, 0.4) is 0 Å². The fourth-order valence-electron chi connectivity index (χ4n) is 1.33. The smallest absolute Gasteiger partial charge is 0.164 e. The first-order valence-electron chi connectivity index (χ1n) is 4.34. The number of aliphatic hydroxyl groups is 1. The molecule has 0 heterocycles. The normalized spacial score (nSPS) is 21.5. The topological polar surface area (TPSA) is 37.3 Å². The highest BCUT2D eigenvalue weighted by molar-refractivity contribution is 5.84. The molecule has 11 heavy (non-hydrogen) atoms. The van der Waals surface area contributed by atoms with Gasteiger partial charge in [-0.15, -0.1) is 0 Å². The standard InChI is InChI=1S/C9H16O2/c1-6(2)8(10)9(11)7-4-3-5-7/h6-7,9,11H,3-5H2,1-2H3. The molecule has 1 aliphatic rings. The zero-order valence-corrected chi connectivity index (χ0v) is 7.21. The number of hydrogen-bond acceptors (Lipinski definition) is 2. The summed E-state index contributed by atoms with van der Waals surface area (Å²) in [5.41, 5.74) is 0. The largest absolute Gasteiger partial charge is 0.385 e. The van der Waals surface area contributed by atoms with E-state index >= 15 is 0 Å². The molecule has 0 bridgehead atoms. The van der Waals surface area contributed by atoms with Crippen LogP contribution in [0.15, 0.2) is 0 Å². The summed E-state index contributed by atoms with van der Waals surface area (Å²) in [4.78, 5) is 11.2. The number of rotatable bonds is 3. The fraction of sp³-hybridized carbons (Fsp3) is 0.889. The molecule has 0 radical (unpaired) electrons. The highest BCUT2D eigenvalue weighted by Crippen LogP contribution is 2.30. The molecule has 0 aromatic carbocycles. The van der Waals surface area contributed by atoms with Crippen LogP contribution in [-0.4, -0.2) is 17.0 Å². The van der Waals surface area contributed by atoms with Gasteiger partial charge < -0.3 is 5.11 Å². The Morgan fingerprint density at radius 1 is 1.45 bits per heavy atom. The van der Waals surface area contributed by atoms with Crippen molar-refractivity contribution in [3.63, 3.8) is 0 Å². The highest BCUT2D eigenvalue weighted by Gasteiger charge is 2.31. The zero-order valence-electron chi connectivity index (χ0n) is 7.21. The third kappa shape index (κ3) is 1.80. The molecule has 1 aliphatic carbocycles. The van der Waals surface area contributed by atoms with Crippen molar-refractivity contribution in [3.8, 4) is 0 Å². The lowest BCUT2D eigenvalue weighted by Gasteiger charge is -2.30. The number of aliphatic hydroxyl groups excluding tert-OH is 1. The Hall–Kier alpha value is -0.370. The second-order valence-corrected chi connectivity index (χ2v) is 3.69. The summed E-state index contributed by atoms with van der Waals surface area (Å²) >= 11 is 0. The minimum Gasteiger partial charge on any atom is -0.385 e. The van der Waals surface area contributed by atoms with Crippen molar-refractivity contribution in [2.24, 2.45) is 11.8 Å². The number of carbonyl (C=O) groups is 1. The predicted octanol–water partition coefficient (Wildman–Crippen LogP) is 1.37. The maximum Gasteiger partial charge on any atom is 0.164 e. The van der Waals surface area contributed by atoms with Crippen LogP contribution in [0, 0.1) is 11.8 Å². The number of carbonyl (C=O) groups excluding carboxylic acids is 1. The van der Waals surface area contributed by atoms with Gasteiger partial charge in [-0.3, -0.25) is 4.79 Å². The Bertz CT molecular complexity index is 148. The van der Waals surface area contributed by atoms with Gasteiger partial charge in [0.2, 0.25) is 0 Å². The van der Waals surface area contributed by atoms with E-state index in [1.54, 1.807) is 0 Å². The monoisotopic (exact) mass is 156 g/mol. The summed E-state index contributed by atoms with van der Waals surface area (Å²) in [5.74, 6) is 0.255. The summed E-state index contributed by atoms with van der Waals surface area (Å²) in [7, 11) is 0. The molecule has 0 aromatic rings. The number of Topliss-reactive ketones (excluding diaryl/α,β-unsaturated/α-hetero) is 1. The summed E-state index contributed by atoms with van der Waals surface area (Å²) < 4.78 is 0. The molecular formula is C9H16O2. The van der Waals surface area contributed by atoms with E-state index in [0.717, 1.165) is 12.8 Å². The van der Waals surface area contributed by atoms with Gasteiger partial charge in [-0.1, -0.05) is 20.3 Å². The van der Waals surface area contributed by atoms with Crippen molar-refractivity contribution in [1.29, 1.82) is 0 Å². The van der Waals surface area contributed by atoms with Gasteiger partial charge in [0.15, 0.2) is 5.78 Å². The van der Waals surface area contributed by atoms with Crippen molar-refractivity contribution >= 4 is 5.78 Å². The highest BCUT2D eigenvalue weighted by atomic mass is 16.3. The molecule has 2 heteroatoms. The van der Waals surface area contributed by atoms with Crippen LogP contribution in [0.2, 0.25) is 0 Å². The molecule has 1 atom stereocenters. The van der Waals surface area contributed by atoms with Gasteiger partial charge in [0.05, 0.1) is 0 Å². The Labute approximate surface area is 67.6 Å². The van der Waals surface area contributed by atoms with Gasteiger partial charge in [0.25, 0.3) is 0 Å². The first-order valence-corrected chi connectivity index (χ1v) is 4.34. The van der Waals surface area contributed by atoms with Crippen LogP contribution < -0.4 is 0 Å². The molecule has 1 N–H and O–H groups in total. The van der Waals surface area contributed by atoms with E-state index in [1.807, 2.05) is 13.8 Å². The maximum atomic E-state index is 11.2. The van der Waals surface area contributed by atoms with Crippen molar-refractivity contribution in [2.45, 2.75) is 39.2 Å². The van der Waals surface area contributed by atoms with Crippen LogP contribution >= 0.6 is 0 Å². The molecular weight excluding hydrogens is 140 g/mol. The van der Waals surface area contributed by atoms with Crippen LogP contribution in [0.1, 0.15) is 33.1 Å². The quantitative estimate of drug-likeness (QED) is 0.670. The summed E-state index contributed by atoms with van der Waals surface area (Å²) in [5, 5.41) is 9.46. The first kappa shape index (κ1) is 8.72. The Morgan fingerprint density at radius 3 is 2.27 bits per heavy atom. The minimum absolute atomic E-state index is 0.00898. The van der Waals surface area contributed by atoms with E-state index in [4.69, 9.17) is 0 Å². The van der Waals surface area contributed by atoms with Gasteiger partial charge >= 0.3 is 0 Å². The summed E-state index contributed by atoms with van der Waals surface area (Å²) in [6.45, 7) is 3.68. The molecule has 0 spiro atoms. The average molecular weight is 156 g/mol. The van der Waals surface area contributed by atoms with Crippen molar-refractivity contribution < 1.29 is 9.90 Å². The molecule has 1 saturated carbocycles. The third-order valence-corrected chi connectivity index (χ3v) is 2.46. The molecule has 0 saturated heterocycles. The predicted molar refractivity (Wildman–Crippen MR) is 43.2 cm³/mol. The SMILES string of the molecule is CC(C)C(=O)C(O)C1CCC1. The van der Waals surface area contributed by atoms with Crippen LogP contribution in [-0.2, 0) is 4.79 Å². The maximum absolute atomic E-state index is 11.2. The minimum atomic E-state index is -0.677. The van der Waals surface area contributed by atoms with Gasteiger partial charge in [-0.05, 0) is 18.8 Å². The van der Waals surface area contributed by atoms with Crippen molar-refractivity contribution in [3.05, 3.63) is 0 Å². The van der Waals surface area contributed by atoms with E-state index < -0.39 is 6.10 Å². The average Bonchev–Trinajstić information content (AvgIpc) is 1.82. The lowest BCUT2D eigenvalue weighted by Crippen LogP contribution is -2.36. The lowest BCUT2D eigenvalue weighted by molar-refractivity contribution is -0.134. The molecule has 0 aliphatic heterocycles. The van der Waals surface area contributed by atoms with Crippen LogP contribution in [0.4, 0.5) is 0 Å². The fourth-order valence-corrected chi connectivity index (χ4v) is 1.33. The Balaban J connectivity index is 2.39. The second-order valence-electron chi connectivity index (χ2n) is 3.69. The van der Waals surface area contributed by atoms with Gasteiger partial charge in [0.1, 0.15) is 6.10 Å². The van der Waals surface area contributed by atoms with Gasteiger partial charge in [0, 0.05) is 5.92 Å². The van der Waals surface area contributed by atoms with Crippen LogP contribution in [0.25, 0.3) is 0 Å². The van der Waals surface area contributed by atoms with E-state index in [1.165, 1.54) is 6.42 Å². The van der Waals surface area contributed by atoms with E-state index in [9.17, 15) is 9.90 Å². The molecule has 1 rings (SSSR count). The molecule has 1 fully saturated rings. The number of hydrogen-bond donors (Lipinski definition) is 1. The summed E-state index contributed by atoms with van der Waals surface area (Å²) in [6, 6.07) is 0. The Kier molecular flexibility index (Phi) is 2.66. The van der Waals surface area contributed by atoms with Gasteiger partial charge in [-0.25, -0.2) is 0 Å². The van der Waals surface area contributed by atoms with Gasteiger partial charge in [-0.2, -0.15) is 0 Å². The third-order valence-electron chi connectivity index (χ3n) is 2.46. The lowest BCUT2D eigenvalue weighted by atomic mass is 9.78. The van der Waals surface area contributed by atoms with Crippen molar-refractivity contribution in [1.82, 2.24) is 0 Å². The summed E-state index contributed by atoms with van der Waals surface area (Å²) in [6.07, 6.45) is 2.55. The van der Waals surface area contributed by atoms with E-state index in [-0.39, 0.29) is 17.6 Å². The number of ketones is 1. The Morgan fingerprint density at radius 2 is 2.00 bits per heavy atom. The second kappa shape index (κ2) is 3.35. The molecule has 2 nitrogen and oxygen atoms in total.